The summed E-state index contributed by atoms with van der Waals surface area (Å²) in [4.78, 5) is 14.2. The van der Waals surface area contributed by atoms with Crippen LogP contribution in [0.5, 0.6) is 0 Å². The van der Waals surface area contributed by atoms with Crippen LogP contribution in [0.15, 0.2) is 18.2 Å². The standard InChI is InChI=1S/C9H9N5O2/c1-5-2-3-7(14(15)16)6(4-5)8-11-9(10)13-12-8/h2-4H,1H3,(H3,10,11,12,13). The topological polar surface area (TPSA) is 111 Å². The fourth-order valence-electron chi connectivity index (χ4n) is 1.39. The second-order valence-corrected chi connectivity index (χ2v) is 3.32. The number of nitrogen functional groups attached to an aromatic ring is 1. The van der Waals surface area contributed by atoms with Crippen LogP contribution >= 0.6 is 0 Å². The predicted octanol–water partition coefficient (Wildman–Crippen LogP) is 1.27. The van der Waals surface area contributed by atoms with Gasteiger partial charge in [-0.1, -0.05) is 6.07 Å². The molecule has 0 aliphatic heterocycles. The first kappa shape index (κ1) is 10.1. The highest BCUT2D eigenvalue weighted by Crippen LogP contribution is 2.28. The van der Waals surface area contributed by atoms with Gasteiger partial charge < -0.3 is 5.73 Å². The maximum absolute atomic E-state index is 10.8. The highest BCUT2D eigenvalue weighted by Gasteiger charge is 2.17. The fourth-order valence-corrected chi connectivity index (χ4v) is 1.39. The van der Waals surface area contributed by atoms with E-state index >= 15 is 0 Å². The summed E-state index contributed by atoms with van der Waals surface area (Å²) in [5.41, 5.74) is 6.61. The molecule has 1 aromatic carbocycles. The maximum Gasteiger partial charge on any atom is 0.280 e. The largest absolute Gasteiger partial charge is 0.366 e. The molecule has 1 aromatic heterocycles. The molecule has 0 amide bonds. The molecule has 7 heteroatoms. The van der Waals surface area contributed by atoms with Crippen LogP contribution in [0.25, 0.3) is 11.4 Å². The third-order valence-corrected chi connectivity index (χ3v) is 2.11. The molecular formula is C9H9N5O2. The molecule has 7 nitrogen and oxygen atoms in total. The summed E-state index contributed by atoms with van der Waals surface area (Å²) in [5, 5.41) is 17.0. The first-order valence-electron chi connectivity index (χ1n) is 4.51. The molecule has 0 fully saturated rings. The summed E-state index contributed by atoms with van der Waals surface area (Å²) < 4.78 is 0. The van der Waals surface area contributed by atoms with E-state index in [0.29, 0.717) is 11.4 Å². The molecule has 0 saturated carbocycles. The van der Waals surface area contributed by atoms with Gasteiger partial charge in [0.15, 0.2) is 5.82 Å². The highest BCUT2D eigenvalue weighted by atomic mass is 16.6. The Morgan fingerprint density at radius 1 is 1.50 bits per heavy atom. The van der Waals surface area contributed by atoms with Crippen LogP contribution in [0.2, 0.25) is 0 Å². The molecule has 2 aromatic rings. The Kier molecular flexibility index (Phi) is 2.28. The first-order chi connectivity index (χ1) is 7.58. The molecule has 0 unspecified atom stereocenters. The molecule has 0 spiro atoms. The smallest absolute Gasteiger partial charge is 0.280 e. The van der Waals surface area contributed by atoms with Gasteiger partial charge in [-0.15, -0.1) is 5.10 Å². The summed E-state index contributed by atoms with van der Waals surface area (Å²) in [5.74, 6) is 0.360. The molecule has 0 bridgehead atoms. The molecule has 2 rings (SSSR count). The van der Waals surface area contributed by atoms with Crippen molar-refractivity contribution in [2.45, 2.75) is 6.92 Å². The van der Waals surface area contributed by atoms with Crippen LogP contribution in [-0.4, -0.2) is 20.1 Å². The molecule has 0 saturated heterocycles. The summed E-state index contributed by atoms with van der Waals surface area (Å²) in [6.45, 7) is 1.84. The number of anilines is 1. The number of nitrogens with two attached hydrogens (primary N) is 1. The third-order valence-electron chi connectivity index (χ3n) is 2.11. The Labute approximate surface area is 90.5 Å². The van der Waals surface area contributed by atoms with Gasteiger partial charge in [0, 0.05) is 6.07 Å². The van der Waals surface area contributed by atoms with E-state index < -0.39 is 4.92 Å². The van der Waals surface area contributed by atoms with E-state index in [9.17, 15) is 10.1 Å². The monoisotopic (exact) mass is 219 g/mol. The molecular weight excluding hydrogens is 210 g/mol. The summed E-state index contributed by atoms with van der Waals surface area (Å²) in [6.07, 6.45) is 0. The number of aromatic amines is 1. The first-order valence-corrected chi connectivity index (χ1v) is 4.51. The van der Waals surface area contributed by atoms with Crippen molar-refractivity contribution in [2.24, 2.45) is 0 Å². The van der Waals surface area contributed by atoms with Crippen molar-refractivity contribution in [1.82, 2.24) is 15.2 Å². The Hall–Kier alpha value is -2.44. The lowest BCUT2D eigenvalue weighted by atomic mass is 10.1. The van der Waals surface area contributed by atoms with Crippen LogP contribution in [0.3, 0.4) is 0 Å². The lowest BCUT2D eigenvalue weighted by Gasteiger charge is -2.00. The molecule has 0 aliphatic carbocycles. The van der Waals surface area contributed by atoms with Gasteiger partial charge in [-0.05, 0) is 18.6 Å². The minimum absolute atomic E-state index is 0.0262. The minimum Gasteiger partial charge on any atom is -0.366 e. The Morgan fingerprint density at radius 3 is 2.81 bits per heavy atom. The number of H-pyrrole nitrogens is 1. The summed E-state index contributed by atoms with van der Waals surface area (Å²) in [6, 6.07) is 4.77. The zero-order valence-corrected chi connectivity index (χ0v) is 8.47. The van der Waals surface area contributed by atoms with E-state index in [2.05, 4.69) is 15.2 Å². The van der Waals surface area contributed by atoms with E-state index in [0.717, 1.165) is 5.56 Å². The Bertz CT molecular complexity index is 549. The number of hydrogen-bond donors (Lipinski definition) is 2. The van der Waals surface area contributed by atoms with Gasteiger partial charge in [0.25, 0.3) is 5.69 Å². The number of nitrogens with zero attached hydrogens (tertiary/aromatic N) is 3. The van der Waals surface area contributed by atoms with Crippen LogP contribution in [0.4, 0.5) is 11.6 Å². The Morgan fingerprint density at radius 2 is 2.25 bits per heavy atom. The molecule has 0 atom stereocenters. The third kappa shape index (κ3) is 1.70. The number of aryl methyl sites for hydroxylation is 1. The van der Waals surface area contributed by atoms with Gasteiger partial charge in [0.05, 0.1) is 10.5 Å². The number of nitrogens with one attached hydrogen (secondary N) is 1. The molecule has 16 heavy (non-hydrogen) atoms. The van der Waals surface area contributed by atoms with E-state index in [4.69, 9.17) is 5.73 Å². The van der Waals surface area contributed by atoms with Crippen molar-refractivity contribution in [1.29, 1.82) is 0 Å². The van der Waals surface area contributed by atoms with E-state index in [1.54, 1.807) is 12.1 Å². The van der Waals surface area contributed by atoms with E-state index in [1.165, 1.54) is 6.07 Å². The van der Waals surface area contributed by atoms with Gasteiger partial charge in [-0.3, -0.25) is 15.2 Å². The lowest BCUT2D eigenvalue weighted by molar-refractivity contribution is -0.384. The number of rotatable bonds is 2. The number of nitro groups is 1. The lowest BCUT2D eigenvalue weighted by Crippen LogP contribution is -1.94. The minimum atomic E-state index is -0.465. The summed E-state index contributed by atoms with van der Waals surface area (Å²) in [7, 11) is 0. The van der Waals surface area contributed by atoms with Crippen molar-refractivity contribution in [3.05, 3.63) is 33.9 Å². The van der Waals surface area contributed by atoms with Crippen LogP contribution < -0.4 is 5.73 Å². The Balaban J connectivity index is 2.62. The highest BCUT2D eigenvalue weighted by molar-refractivity contribution is 5.69. The van der Waals surface area contributed by atoms with Gasteiger partial charge in [0.1, 0.15) is 0 Å². The quantitative estimate of drug-likeness (QED) is 0.583. The number of hydrogen-bond acceptors (Lipinski definition) is 5. The zero-order chi connectivity index (χ0) is 11.7. The molecule has 0 radical (unpaired) electrons. The van der Waals surface area contributed by atoms with Crippen molar-refractivity contribution in [2.75, 3.05) is 5.73 Å². The summed E-state index contributed by atoms with van der Waals surface area (Å²) >= 11 is 0. The predicted molar refractivity (Wildman–Crippen MR) is 57.6 cm³/mol. The van der Waals surface area contributed by atoms with Crippen molar-refractivity contribution >= 4 is 11.6 Å². The van der Waals surface area contributed by atoms with Crippen molar-refractivity contribution < 1.29 is 4.92 Å². The van der Waals surface area contributed by atoms with E-state index in [1.807, 2.05) is 6.92 Å². The van der Waals surface area contributed by atoms with Crippen LogP contribution in [0, 0.1) is 17.0 Å². The maximum atomic E-state index is 10.8. The fraction of sp³-hybridized carbons (Fsp3) is 0.111. The zero-order valence-electron chi connectivity index (χ0n) is 8.47. The van der Waals surface area contributed by atoms with Gasteiger partial charge in [-0.25, -0.2) is 0 Å². The average molecular weight is 219 g/mol. The second kappa shape index (κ2) is 3.61. The van der Waals surface area contributed by atoms with Gasteiger partial charge in [0.2, 0.25) is 5.95 Å². The average Bonchev–Trinajstić information content (AvgIpc) is 2.64. The molecule has 1 heterocycles. The second-order valence-electron chi connectivity index (χ2n) is 3.32. The van der Waals surface area contributed by atoms with Crippen molar-refractivity contribution in [3.8, 4) is 11.4 Å². The van der Waals surface area contributed by atoms with Crippen LogP contribution in [0.1, 0.15) is 5.56 Å². The molecule has 82 valence electrons. The molecule has 0 aliphatic rings. The van der Waals surface area contributed by atoms with Gasteiger partial charge >= 0.3 is 0 Å². The number of nitro benzene ring substituents is 1. The van der Waals surface area contributed by atoms with Gasteiger partial charge in [-0.2, -0.15) is 4.98 Å². The normalized spacial score (nSPS) is 10.3. The number of aromatic nitrogens is 3. The van der Waals surface area contributed by atoms with Crippen molar-refractivity contribution in [3.63, 3.8) is 0 Å². The van der Waals surface area contributed by atoms with Crippen LogP contribution in [-0.2, 0) is 0 Å². The molecule has 3 N–H and O–H groups in total. The SMILES string of the molecule is Cc1ccc([N+](=O)[O-])c(-c2nc(N)n[nH]2)c1. The van der Waals surface area contributed by atoms with E-state index in [-0.39, 0.29) is 11.6 Å². The number of benzene rings is 1.